The molecule has 2 aromatic rings. The number of benzene rings is 2. The molecule has 0 saturated carbocycles. The first kappa shape index (κ1) is 20.0. The summed E-state index contributed by atoms with van der Waals surface area (Å²) >= 11 is 6.18. The van der Waals surface area contributed by atoms with Gasteiger partial charge in [-0.2, -0.15) is 0 Å². The molecule has 0 radical (unpaired) electrons. The van der Waals surface area contributed by atoms with Gasteiger partial charge in [-0.3, -0.25) is 14.4 Å². The van der Waals surface area contributed by atoms with Gasteiger partial charge in [0.1, 0.15) is 23.6 Å². The summed E-state index contributed by atoms with van der Waals surface area (Å²) in [6, 6.07) is 12.0. The molecule has 160 valence electrons. The van der Waals surface area contributed by atoms with Crippen LogP contribution in [-0.4, -0.2) is 30.9 Å². The van der Waals surface area contributed by atoms with E-state index >= 15 is 0 Å². The van der Waals surface area contributed by atoms with Crippen molar-refractivity contribution in [2.45, 2.75) is 25.4 Å². The molecule has 0 unspecified atom stereocenters. The lowest BCUT2D eigenvalue weighted by atomic mass is 9.76. The number of halogens is 1. The highest BCUT2D eigenvalue weighted by Gasteiger charge is 2.74. The molecular formula is C23H23ClN3O4+. The summed E-state index contributed by atoms with van der Waals surface area (Å²) in [6.45, 7) is 4.02. The van der Waals surface area contributed by atoms with Crippen LogP contribution in [0.25, 0.3) is 0 Å². The average molecular weight is 441 g/mol. The topological polar surface area (TPSA) is 92.3 Å². The van der Waals surface area contributed by atoms with Crippen molar-refractivity contribution in [3.8, 4) is 5.75 Å². The first-order chi connectivity index (χ1) is 14.8. The maximum absolute atomic E-state index is 13.9. The quantitative estimate of drug-likeness (QED) is 0.713. The lowest BCUT2D eigenvalue weighted by Crippen LogP contribution is -2.99. The average Bonchev–Trinajstić information content (AvgIpc) is 3.33. The highest BCUT2D eigenvalue weighted by Crippen LogP contribution is 2.51. The van der Waals surface area contributed by atoms with Crippen molar-refractivity contribution in [1.29, 1.82) is 0 Å². The zero-order valence-electron chi connectivity index (χ0n) is 17.4. The summed E-state index contributed by atoms with van der Waals surface area (Å²) < 4.78 is 5.41. The summed E-state index contributed by atoms with van der Waals surface area (Å²) in [6.07, 6.45) is 0. The second-order valence-electron chi connectivity index (χ2n) is 8.69. The largest absolute Gasteiger partial charge is 0.495 e. The Morgan fingerprint density at radius 3 is 2.58 bits per heavy atom. The van der Waals surface area contributed by atoms with Gasteiger partial charge in [0, 0.05) is 16.5 Å². The van der Waals surface area contributed by atoms with Crippen LogP contribution in [0, 0.1) is 17.8 Å². The molecule has 3 aliphatic rings. The van der Waals surface area contributed by atoms with E-state index in [1.165, 1.54) is 12.0 Å². The van der Waals surface area contributed by atoms with E-state index in [4.69, 9.17) is 16.3 Å². The van der Waals surface area contributed by atoms with Gasteiger partial charge in [-0.15, -0.1) is 0 Å². The Hall–Kier alpha value is -2.90. The number of amides is 3. The highest BCUT2D eigenvalue weighted by atomic mass is 35.5. The predicted octanol–water partition coefficient (Wildman–Crippen LogP) is 1.90. The second-order valence-corrected chi connectivity index (χ2v) is 9.12. The third kappa shape index (κ3) is 2.53. The number of carbonyl (C=O) groups is 3. The number of hydrogen-bond donors (Lipinski definition) is 2. The number of fused-ring (bicyclic) bond motifs is 4. The molecular weight excluding hydrogens is 418 g/mol. The molecule has 5 rings (SSSR count). The molecule has 2 fully saturated rings. The van der Waals surface area contributed by atoms with E-state index in [9.17, 15) is 14.4 Å². The Morgan fingerprint density at radius 2 is 1.87 bits per heavy atom. The zero-order valence-corrected chi connectivity index (χ0v) is 18.1. The number of methoxy groups -OCH3 is 1. The van der Waals surface area contributed by atoms with Gasteiger partial charge in [-0.05, 0) is 24.3 Å². The Balaban J connectivity index is 1.71. The summed E-state index contributed by atoms with van der Waals surface area (Å²) in [5.41, 5.74) is 0.567. The summed E-state index contributed by atoms with van der Waals surface area (Å²) in [7, 11) is 1.48. The van der Waals surface area contributed by atoms with Crippen molar-refractivity contribution in [2.75, 3.05) is 17.3 Å². The van der Waals surface area contributed by atoms with Gasteiger partial charge < -0.3 is 15.4 Å². The first-order valence-corrected chi connectivity index (χ1v) is 10.7. The van der Waals surface area contributed by atoms with E-state index in [0.717, 1.165) is 5.56 Å². The number of imide groups is 1. The van der Waals surface area contributed by atoms with Crippen LogP contribution >= 0.6 is 11.6 Å². The molecule has 0 bridgehead atoms. The standard InChI is InChI=1S/C23H22ClN3O4/c1-11(2)19-17-18(23(26-19)13-6-4-5-7-14(13)25-22(23)30)21(29)27(20(17)28)15-10-12(24)8-9-16(15)31-3/h4-11,17-19,26H,1-3H3,(H,25,30)/p+1/t17-,18+,19+,23+/m1/s1. The van der Waals surface area contributed by atoms with Crippen molar-refractivity contribution >= 4 is 40.7 Å². The first-order valence-electron chi connectivity index (χ1n) is 10.3. The number of rotatable bonds is 3. The number of nitrogens with zero attached hydrogens (tertiary/aromatic N) is 1. The van der Waals surface area contributed by atoms with Crippen molar-refractivity contribution in [3.63, 3.8) is 0 Å². The number of hydrogen-bond acceptors (Lipinski definition) is 4. The Kier molecular flexibility index (Phi) is 4.39. The molecule has 1 spiro atoms. The Labute approximate surface area is 184 Å². The van der Waals surface area contributed by atoms with E-state index in [0.29, 0.717) is 22.1 Å². The van der Waals surface area contributed by atoms with Crippen molar-refractivity contribution in [2.24, 2.45) is 17.8 Å². The number of carbonyl (C=O) groups excluding carboxylic acids is 3. The predicted molar refractivity (Wildman–Crippen MR) is 115 cm³/mol. The van der Waals surface area contributed by atoms with E-state index in [1.807, 2.05) is 43.4 Å². The molecule has 2 aromatic carbocycles. The lowest BCUT2D eigenvalue weighted by Gasteiger charge is -2.27. The third-order valence-corrected chi connectivity index (χ3v) is 7.10. The molecule has 0 aromatic heterocycles. The minimum Gasteiger partial charge on any atom is -0.495 e. The molecule has 7 nitrogen and oxygen atoms in total. The van der Waals surface area contributed by atoms with Crippen LogP contribution in [0.15, 0.2) is 42.5 Å². The fraction of sp³-hybridized carbons (Fsp3) is 0.348. The minimum absolute atomic E-state index is 0.0744. The molecule has 2 saturated heterocycles. The van der Waals surface area contributed by atoms with Crippen molar-refractivity contribution in [3.05, 3.63) is 53.1 Å². The van der Waals surface area contributed by atoms with Gasteiger partial charge in [0.15, 0.2) is 0 Å². The summed E-state index contributed by atoms with van der Waals surface area (Å²) in [4.78, 5) is 42.1. The van der Waals surface area contributed by atoms with Crippen LogP contribution < -0.4 is 20.3 Å². The van der Waals surface area contributed by atoms with Gasteiger partial charge in [0.25, 0.3) is 5.91 Å². The molecule has 3 aliphatic heterocycles. The van der Waals surface area contributed by atoms with E-state index in [1.54, 1.807) is 18.2 Å². The number of nitrogens with one attached hydrogen (secondary N) is 1. The second kappa shape index (κ2) is 6.80. The number of para-hydroxylation sites is 1. The fourth-order valence-corrected chi connectivity index (χ4v) is 5.69. The molecule has 31 heavy (non-hydrogen) atoms. The van der Waals surface area contributed by atoms with Crippen LogP contribution in [0.3, 0.4) is 0 Å². The molecule has 4 atom stereocenters. The van der Waals surface area contributed by atoms with Crippen LogP contribution in [0.1, 0.15) is 19.4 Å². The summed E-state index contributed by atoms with van der Waals surface area (Å²) in [5.74, 6) is -1.98. The minimum atomic E-state index is -1.18. The lowest BCUT2D eigenvalue weighted by molar-refractivity contribution is -0.738. The van der Waals surface area contributed by atoms with Crippen LogP contribution in [-0.2, 0) is 19.9 Å². The Morgan fingerprint density at radius 1 is 1.13 bits per heavy atom. The van der Waals surface area contributed by atoms with Crippen LogP contribution in [0.5, 0.6) is 5.75 Å². The number of anilines is 2. The molecule has 3 amide bonds. The maximum atomic E-state index is 13.9. The fourth-order valence-electron chi connectivity index (χ4n) is 5.53. The Bertz CT molecular complexity index is 1130. The van der Waals surface area contributed by atoms with Crippen LogP contribution in [0.4, 0.5) is 11.4 Å². The van der Waals surface area contributed by atoms with Crippen molar-refractivity contribution < 1.29 is 24.4 Å². The molecule has 3 heterocycles. The number of nitrogens with two attached hydrogens (primary N) is 1. The smallest absolute Gasteiger partial charge is 0.291 e. The van der Waals surface area contributed by atoms with Crippen molar-refractivity contribution in [1.82, 2.24) is 0 Å². The van der Waals surface area contributed by atoms with Gasteiger partial charge in [-0.1, -0.05) is 43.6 Å². The van der Waals surface area contributed by atoms with Crippen LogP contribution in [0.2, 0.25) is 5.02 Å². The van der Waals surface area contributed by atoms with Gasteiger partial charge in [0.2, 0.25) is 17.4 Å². The van der Waals surface area contributed by atoms with E-state index < -0.39 is 23.3 Å². The van der Waals surface area contributed by atoms with Gasteiger partial charge >= 0.3 is 0 Å². The zero-order chi connectivity index (χ0) is 22.1. The van der Waals surface area contributed by atoms with E-state index in [-0.39, 0.29) is 23.8 Å². The monoisotopic (exact) mass is 440 g/mol. The number of ether oxygens (including phenoxy) is 1. The summed E-state index contributed by atoms with van der Waals surface area (Å²) in [5, 5.41) is 5.25. The normalized spacial score (nSPS) is 29.0. The maximum Gasteiger partial charge on any atom is 0.291 e. The molecule has 8 heteroatoms. The SMILES string of the molecule is COc1ccc(Cl)cc1N1C(=O)[C@@H]2[C@@H](C1=O)[C@]1([NH2+][C@H]2C(C)C)C(=O)Nc2ccccc21. The van der Waals surface area contributed by atoms with Gasteiger partial charge in [-0.25, -0.2) is 4.90 Å². The van der Waals surface area contributed by atoms with E-state index in [2.05, 4.69) is 5.32 Å². The molecule has 3 N–H and O–H groups in total. The highest BCUT2D eigenvalue weighted by molar-refractivity contribution is 6.32. The number of quaternary nitrogens is 1. The van der Waals surface area contributed by atoms with Gasteiger partial charge in [0.05, 0.1) is 18.5 Å². The molecule has 0 aliphatic carbocycles. The third-order valence-electron chi connectivity index (χ3n) is 6.86.